The highest BCUT2D eigenvalue weighted by Gasteiger charge is 2.16. The number of nitrogens with one attached hydrogen (secondary N) is 1. The summed E-state index contributed by atoms with van der Waals surface area (Å²) in [6.07, 6.45) is 2.42. The Morgan fingerprint density at radius 1 is 1.53 bits per heavy atom. The maximum Gasteiger partial charge on any atom is 0.190 e. The molecule has 1 N–H and O–H groups in total. The first-order valence-corrected chi connectivity index (χ1v) is 7.03. The van der Waals surface area contributed by atoms with E-state index in [-0.39, 0.29) is 0 Å². The molecule has 2 heterocycles. The minimum Gasteiger partial charge on any atom is -0.381 e. The third kappa shape index (κ3) is 3.43. The van der Waals surface area contributed by atoms with Gasteiger partial charge in [0.1, 0.15) is 5.82 Å². The first-order valence-electron chi connectivity index (χ1n) is 6.04. The molecule has 2 rings (SSSR count). The molecule has 1 aromatic heterocycles. The summed E-state index contributed by atoms with van der Waals surface area (Å²) >= 11 is 1.79. The van der Waals surface area contributed by atoms with Crippen molar-refractivity contribution in [2.45, 2.75) is 24.5 Å². The van der Waals surface area contributed by atoms with Crippen molar-refractivity contribution >= 4 is 11.8 Å². The lowest BCUT2D eigenvalue weighted by atomic mass is 10.1. The van der Waals surface area contributed by atoms with Gasteiger partial charge in [-0.2, -0.15) is 0 Å². The predicted octanol–water partition coefficient (Wildman–Crippen LogP) is 1.05. The van der Waals surface area contributed by atoms with Crippen molar-refractivity contribution in [3.63, 3.8) is 0 Å². The van der Waals surface area contributed by atoms with Crippen LogP contribution in [0.15, 0.2) is 5.16 Å². The van der Waals surface area contributed by atoms with E-state index < -0.39 is 0 Å². The van der Waals surface area contributed by atoms with Gasteiger partial charge in [0, 0.05) is 26.0 Å². The van der Waals surface area contributed by atoms with E-state index in [0.29, 0.717) is 0 Å². The van der Waals surface area contributed by atoms with Gasteiger partial charge in [-0.25, -0.2) is 0 Å². The molecule has 0 amide bonds. The molecule has 1 aliphatic rings. The number of ether oxygens (including phenoxy) is 1. The summed E-state index contributed by atoms with van der Waals surface area (Å²) in [4.78, 5) is 0. The van der Waals surface area contributed by atoms with Gasteiger partial charge in [-0.05, 0) is 25.8 Å². The average Bonchev–Trinajstić information content (AvgIpc) is 2.94. The van der Waals surface area contributed by atoms with Gasteiger partial charge in [0.15, 0.2) is 5.16 Å². The van der Waals surface area contributed by atoms with Gasteiger partial charge >= 0.3 is 0 Å². The van der Waals surface area contributed by atoms with Crippen molar-refractivity contribution < 1.29 is 4.74 Å². The van der Waals surface area contributed by atoms with E-state index in [9.17, 15) is 0 Å². The summed E-state index contributed by atoms with van der Waals surface area (Å²) in [5.74, 6) is 2.83. The fourth-order valence-electron chi connectivity index (χ4n) is 1.91. The van der Waals surface area contributed by atoms with Gasteiger partial charge in [0.05, 0.1) is 6.54 Å². The van der Waals surface area contributed by atoms with Crippen LogP contribution in [-0.2, 0) is 18.3 Å². The minimum atomic E-state index is 0.743. The minimum absolute atomic E-state index is 0.743. The molecule has 0 spiro atoms. The van der Waals surface area contributed by atoms with Crippen LogP contribution in [0, 0.1) is 5.92 Å². The zero-order chi connectivity index (χ0) is 12.1. The zero-order valence-electron chi connectivity index (χ0n) is 10.5. The number of hydrogen-bond acceptors (Lipinski definition) is 5. The Balaban J connectivity index is 1.78. The van der Waals surface area contributed by atoms with Gasteiger partial charge in [0.25, 0.3) is 0 Å². The van der Waals surface area contributed by atoms with E-state index in [2.05, 4.69) is 20.1 Å². The highest BCUT2D eigenvalue weighted by molar-refractivity contribution is 7.99. The van der Waals surface area contributed by atoms with E-state index in [1.807, 2.05) is 14.1 Å². The van der Waals surface area contributed by atoms with Crippen molar-refractivity contribution in [2.24, 2.45) is 13.0 Å². The van der Waals surface area contributed by atoms with Crippen LogP contribution in [0.1, 0.15) is 18.7 Å². The van der Waals surface area contributed by atoms with Crippen LogP contribution < -0.4 is 5.32 Å². The molecule has 96 valence electrons. The van der Waals surface area contributed by atoms with E-state index in [0.717, 1.165) is 42.4 Å². The van der Waals surface area contributed by atoms with Gasteiger partial charge in [-0.15, -0.1) is 10.2 Å². The van der Waals surface area contributed by atoms with E-state index in [4.69, 9.17) is 4.74 Å². The zero-order valence-corrected chi connectivity index (χ0v) is 11.3. The Morgan fingerprint density at radius 3 is 3.12 bits per heavy atom. The van der Waals surface area contributed by atoms with Crippen molar-refractivity contribution in [1.82, 2.24) is 20.1 Å². The van der Waals surface area contributed by atoms with Crippen LogP contribution in [0.2, 0.25) is 0 Å². The lowest BCUT2D eigenvalue weighted by molar-refractivity contribution is 0.185. The van der Waals surface area contributed by atoms with Crippen LogP contribution in [0.5, 0.6) is 0 Å². The Morgan fingerprint density at radius 2 is 2.41 bits per heavy atom. The van der Waals surface area contributed by atoms with Crippen LogP contribution >= 0.6 is 11.8 Å². The fourth-order valence-corrected chi connectivity index (χ4v) is 2.94. The maximum absolute atomic E-state index is 5.37. The van der Waals surface area contributed by atoms with E-state index in [1.54, 1.807) is 11.8 Å². The molecule has 0 radical (unpaired) electrons. The third-order valence-electron chi connectivity index (χ3n) is 3.04. The number of aromatic nitrogens is 3. The monoisotopic (exact) mass is 256 g/mol. The molecule has 1 aromatic rings. The molecule has 1 atom stereocenters. The summed E-state index contributed by atoms with van der Waals surface area (Å²) in [7, 11) is 3.94. The summed E-state index contributed by atoms with van der Waals surface area (Å²) in [5.41, 5.74) is 0. The van der Waals surface area contributed by atoms with Crippen molar-refractivity contribution in [3.05, 3.63) is 5.82 Å². The van der Waals surface area contributed by atoms with Crippen LogP contribution in [-0.4, -0.2) is 40.8 Å². The molecule has 1 fully saturated rings. The summed E-state index contributed by atoms with van der Waals surface area (Å²) < 4.78 is 7.43. The second kappa shape index (κ2) is 6.37. The highest BCUT2D eigenvalue weighted by Crippen LogP contribution is 2.22. The van der Waals surface area contributed by atoms with Gasteiger partial charge < -0.3 is 14.6 Å². The quantitative estimate of drug-likeness (QED) is 0.771. The summed E-state index contributed by atoms with van der Waals surface area (Å²) in [6.45, 7) is 2.64. The molecule has 1 saturated heterocycles. The Bertz CT molecular complexity index is 349. The molecule has 5 nitrogen and oxygen atoms in total. The van der Waals surface area contributed by atoms with Crippen LogP contribution in [0.25, 0.3) is 0 Å². The number of nitrogens with zero attached hydrogens (tertiary/aromatic N) is 3. The van der Waals surface area contributed by atoms with Crippen molar-refractivity contribution in [1.29, 1.82) is 0 Å². The average molecular weight is 256 g/mol. The van der Waals surface area contributed by atoms with E-state index in [1.165, 1.54) is 12.8 Å². The first kappa shape index (κ1) is 12.9. The van der Waals surface area contributed by atoms with Gasteiger partial charge in [-0.1, -0.05) is 11.8 Å². The molecule has 0 unspecified atom stereocenters. The standard InChI is InChI=1S/C11H20N4OS/c1-12-7-10-13-14-11(15(10)2)17-6-4-9-3-5-16-8-9/h9,12H,3-8H2,1-2H3/t9-/m0/s1. The van der Waals surface area contributed by atoms with Crippen LogP contribution in [0.4, 0.5) is 0 Å². The molecule has 6 heteroatoms. The Hall–Kier alpha value is -0.590. The lowest BCUT2D eigenvalue weighted by Crippen LogP contribution is -2.10. The molecular formula is C11H20N4OS. The third-order valence-corrected chi connectivity index (χ3v) is 4.09. The molecular weight excluding hydrogens is 236 g/mol. The van der Waals surface area contributed by atoms with Gasteiger partial charge in [0.2, 0.25) is 0 Å². The highest BCUT2D eigenvalue weighted by atomic mass is 32.2. The fraction of sp³-hybridized carbons (Fsp3) is 0.818. The smallest absolute Gasteiger partial charge is 0.190 e. The summed E-state index contributed by atoms with van der Waals surface area (Å²) in [6, 6.07) is 0. The Kier molecular flexibility index (Phi) is 4.82. The molecule has 1 aliphatic heterocycles. The second-order valence-corrected chi connectivity index (χ2v) is 5.42. The second-order valence-electron chi connectivity index (χ2n) is 4.35. The maximum atomic E-state index is 5.37. The topological polar surface area (TPSA) is 52.0 Å². The molecule has 17 heavy (non-hydrogen) atoms. The first-order chi connectivity index (χ1) is 8.31. The van der Waals surface area contributed by atoms with Crippen molar-refractivity contribution in [3.8, 4) is 0 Å². The van der Waals surface area contributed by atoms with Gasteiger partial charge in [-0.3, -0.25) is 0 Å². The molecule has 0 aromatic carbocycles. The molecule has 0 aliphatic carbocycles. The molecule has 0 saturated carbocycles. The largest absolute Gasteiger partial charge is 0.381 e. The number of hydrogen-bond donors (Lipinski definition) is 1. The van der Waals surface area contributed by atoms with E-state index >= 15 is 0 Å². The molecule has 0 bridgehead atoms. The lowest BCUT2D eigenvalue weighted by Gasteiger charge is -2.06. The Labute approximate surface area is 106 Å². The summed E-state index contributed by atoms with van der Waals surface area (Å²) in [5, 5.41) is 12.5. The number of rotatable bonds is 6. The van der Waals surface area contributed by atoms with Crippen LogP contribution in [0.3, 0.4) is 0 Å². The van der Waals surface area contributed by atoms with Crippen molar-refractivity contribution in [2.75, 3.05) is 26.0 Å². The number of thioether (sulfide) groups is 1. The SMILES string of the molecule is CNCc1nnc(SCC[C@@H]2CCOC2)n1C. The normalized spacial score (nSPS) is 20.0. The predicted molar refractivity (Wildman–Crippen MR) is 68.0 cm³/mol.